The second-order valence-electron chi connectivity index (χ2n) is 3.72. The van der Waals surface area contributed by atoms with Gasteiger partial charge in [0.05, 0.1) is 12.3 Å². The van der Waals surface area contributed by atoms with Gasteiger partial charge in [0.25, 0.3) is 0 Å². The van der Waals surface area contributed by atoms with Crippen molar-refractivity contribution in [3.05, 3.63) is 41.7 Å². The summed E-state index contributed by atoms with van der Waals surface area (Å²) < 4.78 is 5.56. The molecule has 1 heterocycles. The number of hydrogen-bond donors (Lipinski definition) is 1. The smallest absolute Gasteiger partial charge is 0.322 e. The molecule has 0 amide bonds. The van der Waals surface area contributed by atoms with Gasteiger partial charge >= 0.3 is 6.01 Å². The number of aryl methyl sites for hydroxylation is 1. The molecule has 2 rings (SSSR count). The first-order valence-corrected chi connectivity index (χ1v) is 6.71. The fraction of sp³-hybridized carbons (Fsp3) is 0.231. The Labute approximate surface area is 110 Å². The van der Waals surface area contributed by atoms with E-state index in [4.69, 9.17) is 9.84 Å². The van der Waals surface area contributed by atoms with Crippen LogP contribution in [0, 0.1) is 6.92 Å². The van der Waals surface area contributed by atoms with Crippen LogP contribution in [0.15, 0.2) is 35.2 Å². The predicted octanol–water partition coefficient (Wildman–Crippen LogP) is 2.79. The molecule has 0 bridgehead atoms. The van der Waals surface area contributed by atoms with Crippen LogP contribution in [-0.4, -0.2) is 21.3 Å². The number of thioether (sulfide) groups is 1. The van der Waals surface area contributed by atoms with E-state index in [1.54, 1.807) is 17.8 Å². The van der Waals surface area contributed by atoms with Gasteiger partial charge in [-0.1, -0.05) is 0 Å². The third kappa shape index (κ3) is 3.21. The van der Waals surface area contributed by atoms with E-state index in [9.17, 15) is 0 Å². The van der Waals surface area contributed by atoms with Gasteiger partial charge in [-0.15, -0.1) is 11.8 Å². The number of ether oxygens (including phenoxy) is 1. The Bertz CT molecular complexity index is 529. The van der Waals surface area contributed by atoms with E-state index < -0.39 is 0 Å². The van der Waals surface area contributed by atoms with Crippen LogP contribution in [0.5, 0.6) is 11.8 Å². The minimum atomic E-state index is -0.120. The summed E-state index contributed by atoms with van der Waals surface area (Å²) in [5.74, 6) is 0.683. The molecule has 1 aromatic carbocycles. The highest BCUT2D eigenvalue weighted by Gasteiger charge is 2.04. The summed E-state index contributed by atoms with van der Waals surface area (Å²) in [5.41, 5.74) is 1.32. The Morgan fingerprint density at radius 2 is 1.94 bits per heavy atom. The van der Waals surface area contributed by atoms with Crippen molar-refractivity contribution in [2.24, 2.45) is 0 Å². The third-order valence-electron chi connectivity index (χ3n) is 2.32. The Morgan fingerprint density at radius 1 is 1.22 bits per heavy atom. The molecule has 0 spiro atoms. The lowest BCUT2D eigenvalue weighted by atomic mass is 10.3. The second kappa shape index (κ2) is 5.84. The zero-order chi connectivity index (χ0) is 13.0. The highest BCUT2D eigenvalue weighted by molar-refractivity contribution is 7.98. The fourth-order valence-electron chi connectivity index (χ4n) is 1.48. The van der Waals surface area contributed by atoms with E-state index in [-0.39, 0.29) is 12.6 Å². The van der Waals surface area contributed by atoms with Crippen LogP contribution in [0.1, 0.15) is 11.4 Å². The fourth-order valence-corrected chi connectivity index (χ4v) is 1.89. The molecule has 0 unspecified atom stereocenters. The van der Waals surface area contributed by atoms with Gasteiger partial charge in [0.1, 0.15) is 5.75 Å². The topological polar surface area (TPSA) is 55.2 Å². The first kappa shape index (κ1) is 12.9. The average molecular weight is 262 g/mol. The maximum absolute atomic E-state index is 9.07. The molecule has 0 aliphatic carbocycles. The number of aliphatic hydroxyl groups excluding tert-OH is 1. The number of aliphatic hydroxyl groups is 1. The van der Waals surface area contributed by atoms with Gasteiger partial charge in [0.15, 0.2) is 0 Å². The molecule has 2 aromatic rings. The first-order valence-electron chi connectivity index (χ1n) is 5.48. The molecule has 0 saturated carbocycles. The Kier molecular flexibility index (Phi) is 4.17. The van der Waals surface area contributed by atoms with Crippen molar-refractivity contribution in [2.75, 3.05) is 6.26 Å². The molecule has 94 valence electrons. The summed E-state index contributed by atoms with van der Waals surface area (Å²) in [5, 5.41) is 9.07. The van der Waals surface area contributed by atoms with Crippen molar-refractivity contribution in [1.82, 2.24) is 9.97 Å². The molecule has 0 aliphatic rings. The molecule has 1 aromatic heterocycles. The Hall–Kier alpha value is -1.59. The largest absolute Gasteiger partial charge is 0.424 e. The van der Waals surface area contributed by atoms with Crippen molar-refractivity contribution in [3.63, 3.8) is 0 Å². The SMILES string of the molecule is CSc1ccc(Oc2nc(C)cc(CO)n2)cc1. The number of hydrogen-bond acceptors (Lipinski definition) is 5. The molecule has 0 aliphatic heterocycles. The summed E-state index contributed by atoms with van der Waals surface area (Å²) in [7, 11) is 0. The minimum absolute atomic E-state index is 0.120. The molecular formula is C13H14N2O2S. The van der Waals surface area contributed by atoms with Crippen LogP contribution < -0.4 is 4.74 Å². The number of benzene rings is 1. The van der Waals surface area contributed by atoms with Crippen molar-refractivity contribution < 1.29 is 9.84 Å². The maximum Gasteiger partial charge on any atom is 0.322 e. The predicted molar refractivity (Wildman–Crippen MR) is 71.0 cm³/mol. The average Bonchev–Trinajstić information content (AvgIpc) is 2.39. The van der Waals surface area contributed by atoms with Crippen LogP contribution >= 0.6 is 11.8 Å². The molecule has 0 fully saturated rings. The van der Waals surface area contributed by atoms with Gasteiger partial charge in [0.2, 0.25) is 0 Å². The molecular weight excluding hydrogens is 248 g/mol. The van der Waals surface area contributed by atoms with Crippen LogP contribution in [0.25, 0.3) is 0 Å². The van der Waals surface area contributed by atoms with Crippen molar-refractivity contribution >= 4 is 11.8 Å². The van der Waals surface area contributed by atoms with Crippen LogP contribution in [0.2, 0.25) is 0 Å². The van der Waals surface area contributed by atoms with Gasteiger partial charge in [-0.3, -0.25) is 0 Å². The van der Waals surface area contributed by atoms with E-state index in [2.05, 4.69) is 9.97 Å². The Morgan fingerprint density at radius 3 is 2.56 bits per heavy atom. The lowest BCUT2D eigenvalue weighted by molar-refractivity contribution is 0.274. The highest BCUT2D eigenvalue weighted by Crippen LogP contribution is 2.22. The zero-order valence-corrected chi connectivity index (χ0v) is 11.1. The summed E-state index contributed by atoms with van der Waals surface area (Å²) >= 11 is 1.67. The summed E-state index contributed by atoms with van der Waals surface area (Å²) in [4.78, 5) is 9.44. The number of nitrogens with zero attached hydrogens (tertiary/aromatic N) is 2. The molecule has 18 heavy (non-hydrogen) atoms. The molecule has 4 nitrogen and oxygen atoms in total. The van der Waals surface area contributed by atoms with Gasteiger partial charge in [-0.25, -0.2) is 4.98 Å². The van der Waals surface area contributed by atoms with Crippen molar-refractivity contribution in [2.45, 2.75) is 18.4 Å². The van der Waals surface area contributed by atoms with E-state index in [0.717, 1.165) is 5.69 Å². The first-order chi connectivity index (χ1) is 8.71. The van der Waals surface area contributed by atoms with Gasteiger partial charge in [-0.2, -0.15) is 4.98 Å². The van der Waals surface area contributed by atoms with E-state index in [1.165, 1.54) is 4.90 Å². The minimum Gasteiger partial charge on any atom is -0.424 e. The van der Waals surface area contributed by atoms with Crippen molar-refractivity contribution in [1.29, 1.82) is 0 Å². The van der Waals surface area contributed by atoms with Crippen LogP contribution in [0.4, 0.5) is 0 Å². The summed E-state index contributed by atoms with van der Waals surface area (Å²) in [6.45, 7) is 1.72. The van der Waals surface area contributed by atoms with Crippen LogP contribution in [-0.2, 0) is 6.61 Å². The lowest BCUT2D eigenvalue weighted by Crippen LogP contribution is -1.98. The molecule has 5 heteroatoms. The third-order valence-corrected chi connectivity index (χ3v) is 3.06. The molecule has 0 atom stereocenters. The Balaban J connectivity index is 2.19. The van der Waals surface area contributed by atoms with E-state index in [1.807, 2.05) is 37.4 Å². The molecule has 0 saturated heterocycles. The zero-order valence-electron chi connectivity index (χ0n) is 10.3. The second-order valence-corrected chi connectivity index (χ2v) is 4.60. The maximum atomic E-state index is 9.07. The van der Waals surface area contributed by atoms with Crippen LogP contribution in [0.3, 0.4) is 0 Å². The van der Waals surface area contributed by atoms with Gasteiger partial charge in [-0.05, 0) is 43.5 Å². The standard InChI is InChI=1S/C13H14N2O2S/c1-9-7-10(8-16)15-13(14-9)17-11-3-5-12(18-2)6-4-11/h3-7,16H,8H2,1-2H3. The molecule has 0 radical (unpaired) electrons. The van der Waals surface area contributed by atoms with E-state index >= 15 is 0 Å². The monoisotopic (exact) mass is 262 g/mol. The highest BCUT2D eigenvalue weighted by atomic mass is 32.2. The summed E-state index contributed by atoms with van der Waals surface area (Å²) in [6.07, 6.45) is 2.02. The van der Waals surface area contributed by atoms with Gasteiger partial charge in [0, 0.05) is 10.6 Å². The van der Waals surface area contributed by atoms with Gasteiger partial charge < -0.3 is 9.84 Å². The quantitative estimate of drug-likeness (QED) is 0.859. The lowest BCUT2D eigenvalue weighted by Gasteiger charge is -2.06. The van der Waals surface area contributed by atoms with E-state index in [0.29, 0.717) is 11.4 Å². The normalized spacial score (nSPS) is 10.4. The summed E-state index contributed by atoms with van der Waals surface area (Å²) in [6, 6.07) is 9.68. The molecule has 1 N–H and O–H groups in total. The number of aromatic nitrogens is 2. The number of rotatable bonds is 4. The van der Waals surface area contributed by atoms with Crippen molar-refractivity contribution in [3.8, 4) is 11.8 Å².